The van der Waals surface area contributed by atoms with E-state index < -0.39 is 11.6 Å². The van der Waals surface area contributed by atoms with Gasteiger partial charge >= 0.3 is 0 Å². The maximum absolute atomic E-state index is 15.2. The minimum Gasteiger partial charge on any atom is -0.206 e. The number of halogens is 2. The number of benzene rings is 2. The van der Waals surface area contributed by atoms with Crippen LogP contribution in [0.5, 0.6) is 0 Å². The van der Waals surface area contributed by atoms with Crippen molar-refractivity contribution in [3.05, 3.63) is 71.3 Å². The lowest BCUT2D eigenvalue weighted by Gasteiger charge is -2.42. The molecule has 0 spiro atoms. The summed E-state index contributed by atoms with van der Waals surface area (Å²) < 4.78 is 30.4. The molecule has 0 saturated heterocycles. The van der Waals surface area contributed by atoms with E-state index >= 15 is 8.78 Å². The molecule has 4 rings (SSSR count). The number of allylic oxidation sites excluding steroid dienone is 2. The predicted molar refractivity (Wildman–Crippen MR) is 140 cm³/mol. The molecule has 2 heteroatoms. The fraction of sp³-hybridized carbons (Fsp3) is 0.562. The lowest BCUT2D eigenvalue weighted by Crippen LogP contribution is -2.30. The summed E-state index contributed by atoms with van der Waals surface area (Å²) in [5.74, 6) is 1.94. The molecule has 2 fully saturated rings. The van der Waals surface area contributed by atoms with Gasteiger partial charge in [0.2, 0.25) is 0 Å². The first-order valence-electron chi connectivity index (χ1n) is 13.8. The summed E-state index contributed by atoms with van der Waals surface area (Å²) >= 11 is 0. The normalized spacial score (nSPS) is 24.9. The molecule has 0 N–H and O–H groups in total. The standard InChI is InChI=1S/C32H42F2/c1-3-5-7-9-23-11-14-25(15-12-23)32-30(33)21-29(22-31(32)34)28-18-17-26-19-24(10-8-6-4-2)13-16-27(26)20-28/h3,5,11-12,14-15,21-22,24,26-28H,4,6-10,13,16-20H2,1-2H3/b5-3+/t24?,26-,27-,28-/m1/s1. The van der Waals surface area contributed by atoms with E-state index in [2.05, 4.69) is 13.0 Å². The molecule has 4 atom stereocenters. The minimum absolute atomic E-state index is 0.116. The molecule has 0 aliphatic heterocycles. The van der Waals surface area contributed by atoms with Gasteiger partial charge in [0.1, 0.15) is 11.6 Å². The largest absolute Gasteiger partial charge is 0.206 e. The molecular weight excluding hydrogens is 422 g/mol. The van der Waals surface area contributed by atoms with Gasteiger partial charge in [0.05, 0.1) is 5.56 Å². The van der Waals surface area contributed by atoms with Crippen molar-refractivity contribution in [2.45, 2.75) is 96.8 Å². The van der Waals surface area contributed by atoms with Crippen LogP contribution >= 0.6 is 0 Å². The first kappa shape index (κ1) is 25.1. The molecule has 0 bridgehead atoms. The average molecular weight is 465 g/mol. The summed E-state index contributed by atoms with van der Waals surface area (Å²) in [5, 5.41) is 0. The smallest absolute Gasteiger partial charge is 0.134 e. The summed E-state index contributed by atoms with van der Waals surface area (Å²) in [7, 11) is 0. The third-order valence-corrected chi connectivity index (χ3v) is 8.55. The van der Waals surface area contributed by atoms with Crippen LogP contribution < -0.4 is 0 Å². The molecule has 2 aliphatic carbocycles. The van der Waals surface area contributed by atoms with Crippen molar-refractivity contribution in [2.24, 2.45) is 17.8 Å². The zero-order chi connectivity index (χ0) is 23.9. The molecule has 2 saturated carbocycles. The van der Waals surface area contributed by atoms with Gasteiger partial charge < -0.3 is 0 Å². The van der Waals surface area contributed by atoms with Crippen LogP contribution in [0, 0.1) is 29.4 Å². The molecule has 0 heterocycles. The maximum Gasteiger partial charge on any atom is 0.134 e. The van der Waals surface area contributed by atoms with Gasteiger partial charge in [-0.05, 0) is 104 Å². The molecule has 2 aromatic rings. The number of rotatable bonds is 9. The van der Waals surface area contributed by atoms with E-state index in [1.54, 1.807) is 12.1 Å². The number of aryl methyl sites for hydroxylation is 1. The van der Waals surface area contributed by atoms with Crippen molar-refractivity contribution in [1.82, 2.24) is 0 Å². The van der Waals surface area contributed by atoms with Gasteiger partial charge in [0.15, 0.2) is 0 Å². The first-order chi connectivity index (χ1) is 16.6. The van der Waals surface area contributed by atoms with E-state index in [0.29, 0.717) is 11.5 Å². The highest BCUT2D eigenvalue weighted by atomic mass is 19.1. The average Bonchev–Trinajstić information content (AvgIpc) is 2.84. The number of hydrogen-bond acceptors (Lipinski definition) is 0. The third kappa shape index (κ3) is 6.18. The van der Waals surface area contributed by atoms with Crippen LogP contribution in [0.4, 0.5) is 8.78 Å². The summed E-state index contributed by atoms with van der Waals surface area (Å²) in [5.41, 5.74) is 2.80. The Morgan fingerprint density at radius 2 is 1.59 bits per heavy atom. The van der Waals surface area contributed by atoms with Gasteiger partial charge in [-0.25, -0.2) is 8.78 Å². The molecule has 0 radical (unpaired) electrons. The monoisotopic (exact) mass is 464 g/mol. The van der Waals surface area contributed by atoms with Gasteiger partial charge in [-0.2, -0.15) is 0 Å². The molecular formula is C32H42F2. The molecule has 2 aliphatic rings. The quantitative estimate of drug-likeness (QED) is 0.256. The number of hydrogen-bond donors (Lipinski definition) is 0. The Hall–Kier alpha value is -1.96. The second-order valence-electron chi connectivity index (χ2n) is 10.9. The van der Waals surface area contributed by atoms with Gasteiger partial charge in [-0.3, -0.25) is 0 Å². The van der Waals surface area contributed by atoms with Crippen LogP contribution in [0.3, 0.4) is 0 Å². The van der Waals surface area contributed by atoms with Crippen molar-refractivity contribution in [2.75, 3.05) is 0 Å². The van der Waals surface area contributed by atoms with Crippen molar-refractivity contribution < 1.29 is 8.78 Å². The van der Waals surface area contributed by atoms with Gasteiger partial charge in [-0.15, -0.1) is 0 Å². The van der Waals surface area contributed by atoms with E-state index in [0.717, 1.165) is 49.0 Å². The Morgan fingerprint density at radius 1 is 0.882 bits per heavy atom. The SMILES string of the molecule is C/C=C/CCc1ccc(-c2c(F)cc([C@@H]3CC[C@@H]4CC(CCCCC)CC[C@@H]4C3)cc2F)cc1. The van der Waals surface area contributed by atoms with Gasteiger partial charge in [0, 0.05) is 0 Å². The lowest BCUT2D eigenvalue weighted by molar-refractivity contribution is 0.113. The van der Waals surface area contributed by atoms with Gasteiger partial charge in [0.25, 0.3) is 0 Å². The molecule has 1 unspecified atom stereocenters. The van der Waals surface area contributed by atoms with Crippen molar-refractivity contribution in [3.8, 4) is 11.1 Å². The summed E-state index contributed by atoms with van der Waals surface area (Å²) in [6.45, 7) is 4.30. The van der Waals surface area contributed by atoms with Crippen LogP contribution in [0.2, 0.25) is 0 Å². The topological polar surface area (TPSA) is 0 Å². The fourth-order valence-electron chi connectivity index (χ4n) is 6.59. The molecule has 0 amide bonds. The molecule has 184 valence electrons. The summed E-state index contributed by atoms with van der Waals surface area (Å²) in [4.78, 5) is 0. The second-order valence-corrected chi connectivity index (χ2v) is 10.9. The first-order valence-corrected chi connectivity index (χ1v) is 13.8. The fourth-order valence-corrected chi connectivity index (χ4v) is 6.59. The Morgan fingerprint density at radius 3 is 2.29 bits per heavy atom. The third-order valence-electron chi connectivity index (χ3n) is 8.55. The lowest BCUT2D eigenvalue weighted by atomic mass is 9.63. The van der Waals surface area contributed by atoms with E-state index in [-0.39, 0.29) is 5.56 Å². The van der Waals surface area contributed by atoms with Crippen LogP contribution in [-0.4, -0.2) is 0 Å². The Kier molecular flexibility index (Phi) is 8.98. The number of fused-ring (bicyclic) bond motifs is 1. The maximum atomic E-state index is 15.2. The highest BCUT2D eigenvalue weighted by Gasteiger charge is 2.36. The number of unbranched alkanes of at least 4 members (excludes halogenated alkanes) is 2. The predicted octanol–water partition coefficient (Wildman–Crippen LogP) is 10.0. The molecule has 2 aromatic carbocycles. The molecule has 0 nitrogen and oxygen atoms in total. The van der Waals surface area contributed by atoms with Crippen molar-refractivity contribution in [1.29, 1.82) is 0 Å². The minimum atomic E-state index is -0.418. The zero-order valence-electron chi connectivity index (χ0n) is 21.2. The van der Waals surface area contributed by atoms with E-state index in [4.69, 9.17) is 0 Å². The van der Waals surface area contributed by atoms with E-state index in [1.807, 2.05) is 37.3 Å². The molecule has 34 heavy (non-hydrogen) atoms. The second kappa shape index (κ2) is 12.1. The van der Waals surface area contributed by atoms with Crippen LogP contribution in [0.1, 0.15) is 102 Å². The zero-order valence-corrected chi connectivity index (χ0v) is 21.2. The Labute approximate surface area is 205 Å². The van der Waals surface area contributed by atoms with Crippen molar-refractivity contribution >= 4 is 0 Å². The highest BCUT2D eigenvalue weighted by molar-refractivity contribution is 5.65. The molecule has 0 aromatic heterocycles. The summed E-state index contributed by atoms with van der Waals surface area (Å²) in [6.07, 6.45) is 19.0. The van der Waals surface area contributed by atoms with Crippen LogP contribution in [0.15, 0.2) is 48.6 Å². The van der Waals surface area contributed by atoms with E-state index in [9.17, 15) is 0 Å². The summed E-state index contributed by atoms with van der Waals surface area (Å²) in [6, 6.07) is 10.9. The highest BCUT2D eigenvalue weighted by Crippen LogP contribution is 2.49. The Balaban J connectivity index is 1.40. The van der Waals surface area contributed by atoms with Crippen LogP contribution in [-0.2, 0) is 6.42 Å². The Bertz CT molecular complexity index is 919. The van der Waals surface area contributed by atoms with Crippen LogP contribution in [0.25, 0.3) is 11.1 Å². The van der Waals surface area contributed by atoms with E-state index in [1.165, 1.54) is 56.9 Å². The van der Waals surface area contributed by atoms with Gasteiger partial charge in [-0.1, -0.05) is 75.4 Å². The van der Waals surface area contributed by atoms with Crippen molar-refractivity contribution in [3.63, 3.8) is 0 Å².